The van der Waals surface area contributed by atoms with Crippen molar-refractivity contribution >= 4 is 40.3 Å². The van der Waals surface area contributed by atoms with E-state index in [0.717, 1.165) is 16.2 Å². The number of urea groups is 1. The summed E-state index contributed by atoms with van der Waals surface area (Å²) in [6, 6.07) is 6.74. The maximum absolute atomic E-state index is 13.6. The average Bonchev–Trinajstić information content (AvgIpc) is 3.55. The maximum atomic E-state index is 13.6. The predicted molar refractivity (Wildman–Crippen MR) is 140 cm³/mol. The van der Waals surface area contributed by atoms with Crippen LogP contribution >= 0.6 is 11.3 Å². The molecule has 4 amide bonds. The Balaban J connectivity index is 1.46. The Morgan fingerprint density at radius 2 is 1.88 bits per heavy atom. The van der Waals surface area contributed by atoms with Gasteiger partial charge in [0.15, 0.2) is 33.8 Å². The summed E-state index contributed by atoms with van der Waals surface area (Å²) in [7, 11) is 2.95. The molecule has 0 aliphatic carbocycles. The molecule has 1 fully saturated rings. The molecule has 2 atom stereocenters. The monoisotopic (exact) mass is 568 g/mol. The minimum atomic E-state index is -1.31. The second kappa shape index (κ2) is 11.1. The summed E-state index contributed by atoms with van der Waals surface area (Å²) < 4.78 is 21.8. The van der Waals surface area contributed by atoms with Gasteiger partial charge >= 0.3 is 12.0 Å². The van der Waals surface area contributed by atoms with Crippen LogP contribution in [0.2, 0.25) is 0 Å². The quantitative estimate of drug-likeness (QED) is 0.327. The number of nitrogens with zero attached hydrogens (tertiary/aromatic N) is 2. The lowest BCUT2D eigenvalue weighted by Crippen LogP contribution is -2.49. The summed E-state index contributed by atoms with van der Waals surface area (Å²) in [5.74, 6) is -0.795. The Morgan fingerprint density at radius 3 is 2.58 bits per heavy atom. The molecule has 3 N–H and O–H groups in total. The average molecular weight is 569 g/mol. The number of nitrogens with one attached hydrogen (secondary N) is 2. The molecule has 3 aromatic rings. The van der Waals surface area contributed by atoms with Gasteiger partial charge in [0.25, 0.3) is 5.91 Å². The fraction of sp³-hybridized carbons (Fsp3) is 0.269. The molecule has 1 unspecified atom stereocenters. The second-order valence-electron chi connectivity index (χ2n) is 8.74. The van der Waals surface area contributed by atoms with Gasteiger partial charge in [0.1, 0.15) is 25.3 Å². The van der Waals surface area contributed by atoms with Gasteiger partial charge in [0.2, 0.25) is 5.91 Å². The van der Waals surface area contributed by atoms with Crippen LogP contribution in [0.3, 0.4) is 0 Å². The molecule has 2 aromatic carbocycles. The van der Waals surface area contributed by atoms with Crippen LogP contribution < -0.4 is 29.6 Å². The molecule has 40 heavy (non-hydrogen) atoms. The van der Waals surface area contributed by atoms with E-state index in [-0.39, 0.29) is 17.2 Å². The third kappa shape index (κ3) is 5.20. The van der Waals surface area contributed by atoms with E-state index in [1.54, 1.807) is 36.4 Å². The normalized spacial score (nSPS) is 16.8. The van der Waals surface area contributed by atoms with Gasteiger partial charge < -0.3 is 34.7 Å². The van der Waals surface area contributed by atoms with Crippen molar-refractivity contribution in [2.24, 2.45) is 0 Å². The van der Waals surface area contributed by atoms with Gasteiger partial charge in [-0.3, -0.25) is 9.59 Å². The SMILES string of the molecule is COc1ccc(C[C@@H](C(=O)Nc2nc(C(=O)O)cs2)N2C(=O)NC(c3ccc4c(c3)OCCO4)C2=O)cc1OC. The number of aromatic nitrogens is 1. The second-order valence-corrected chi connectivity index (χ2v) is 9.59. The first-order valence-electron chi connectivity index (χ1n) is 12.0. The Kier molecular flexibility index (Phi) is 7.42. The van der Waals surface area contributed by atoms with Gasteiger partial charge in [0, 0.05) is 11.8 Å². The number of aromatic carboxylic acids is 1. The number of carboxylic acids is 1. The van der Waals surface area contributed by atoms with Crippen LogP contribution in [-0.2, 0) is 16.0 Å². The summed E-state index contributed by atoms with van der Waals surface area (Å²) in [6.07, 6.45) is -0.0730. The van der Waals surface area contributed by atoms with Crippen LogP contribution in [0, 0.1) is 0 Å². The van der Waals surface area contributed by atoms with Crippen molar-refractivity contribution in [2.75, 3.05) is 32.8 Å². The van der Waals surface area contributed by atoms with E-state index in [0.29, 0.717) is 47.3 Å². The standard InChI is InChI=1S/C26H24N4O9S/c1-36-17-5-3-13(10-19(17)37-2)9-16(22(31)29-25-27-15(12-40-25)24(33)34)30-23(32)21(28-26(30)35)14-4-6-18-20(11-14)39-8-7-38-18/h3-6,10-12,16,21H,7-9H2,1-2H3,(H,28,35)(H,33,34)(H,27,29,31)/t16-,21?/m0/s1. The predicted octanol–water partition coefficient (Wildman–Crippen LogP) is 2.47. The highest BCUT2D eigenvalue weighted by atomic mass is 32.1. The van der Waals surface area contributed by atoms with Crippen molar-refractivity contribution in [3.8, 4) is 23.0 Å². The molecule has 0 radical (unpaired) electrons. The summed E-state index contributed by atoms with van der Waals surface area (Å²) in [4.78, 5) is 56.3. The van der Waals surface area contributed by atoms with E-state index in [2.05, 4.69) is 15.6 Å². The molecule has 2 aliphatic rings. The summed E-state index contributed by atoms with van der Waals surface area (Å²) in [5.41, 5.74) is 0.790. The lowest BCUT2D eigenvalue weighted by Gasteiger charge is -2.25. The molecular formula is C26H24N4O9S. The molecule has 1 aromatic heterocycles. The minimum absolute atomic E-state index is 0.00940. The minimum Gasteiger partial charge on any atom is -0.493 e. The third-order valence-corrected chi connectivity index (χ3v) is 7.07. The topological polar surface area (TPSA) is 166 Å². The van der Waals surface area contributed by atoms with Crippen LogP contribution in [0.5, 0.6) is 23.0 Å². The summed E-state index contributed by atoms with van der Waals surface area (Å²) in [6.45, 7) is 0.751. The lowest BCUT2D eigenvalue weighted by atomic mass is 10.0. The van der Waals surface area contributed by atoms with E-state index < -0.39 is 35.9 Å². The van der Waals surface area contributed by atoms with E-state index >= 15 is 0 Å². The first kappa shape index (κ1) is 26.7. The first-order valence-corrected chi connectivity index (χ1v) is 12.9. The Morgan fingerprint density at radius 1 is 1.12 bits per heavy atom. The van der Waals surface area contributed by atoms with Crippen LogP contribution in [-0.4, -0.2) is 72.3 Å². The number of hydrogen-bond donors (Lipinski definition) is 3. The third-order valence-electron chi connectivity index (χ3n) is 6.32. The zero-order chi connectivity index (χ0) is 28.4. The lowest BCUT2D eigenvalue weighted by molar-refractivity contribution is -0.134. The van der Waals surface area contributed by atoms with Crippen molar-refractivity contribution in [3.63, 3.8) is 0 Å². The van der Waals surface area contributed by atoms with Gasteiger partial charge in [-0.2, -0.15) is 0 Å². The number of methoxy groups -OCH3 is 2. The Bertz CT molecular complexity index is 1490. The van der Waals surface area contributed by atoms with Crippen molar-refractivity contribution in [1.29, 1.82) is 0 Å². The van der Waals surface area contributed by atoms with Crippen molar-refractivity contribution in [1.82, 2.24) is 15.2 Å². The number of thiazole rings is 1. The van der Waals surface area contributed by atoms with E-state index in [1.807, 2.05) is 0 Å². The number of benzene rings is 2. The number of fused-ring (bicyclic) bond motifs is 1. The molecule has 208 valence electrons. The number of ether oxygens (including phenoxy) is 4. The molecule has 1 saturated heterocycles. The molecule has 0 spiro atoms. The molecule has 0 saturated carbocycles. The molecule has 3 heterocycles. The number of carbonyl (C=O) groups excluding carboxylic acids is 3. The fourth-order valence-electron chi connectivity index (χ4n) is 4.40. The largest absolute Gasteiger partial charge is 0.493 e. The van der Waals surface area contributed by atoms with Crippen molar-refractivity contribution in [3.05, 3.63) is 58.6 Å². The first-order chi connectivity index (χ1) is 19.3. The van der Waals surface area contributed by atoms with Gasteiger partial charge in [-0.25, -0.2) is 19.5 Å². The molecular weight excluding hydrogens is 544 g/mol. The summed E-state index contributed by atoms with van der Waals surface area (Å²) in [5, 5.41) is 15.6. The molecule has 14 heteroatoms. The number of hydrogen-bond acceptors (Lipinski definition) is 10. The number of carbonyl (C=O) groups is 4. The smallest absolute Gasteiger partial charge is 0.355 e. The van der Waals surface area contributed by atoms with Crippen LogP contribution in [0.25, 0.3) is 0 Å². The Labute approximate surface area is 231 Å². The zero-order valence-corrected chi connectivity index (χ0v) is 22.1. The Hall–Kier alpha value is -4.85. The van der Waals surface area contributed by atoms with Gasteiger partial charge in [0.05, 0.1) is 14.2 Å². The zero-order valence-electron chi connectivity index (χ0n) is 21.3. The highest BCUT2D eigenvalue weighted by Gasteiger charge is 2.45. The van der Waals surface area contributed by atoms with E-state index in [4.69, 9.17) is 24.1 Å². The molecule has 13 nitrogen and oxygen atoms in total. The van der Waals surface area contributed by atoms with E-state index in [1.165, 1.54) is 19.6 Å². The number of anilines is 1. The molecule has 5 rings (SSSR count). The van der Waals surface area contributed by atoms with Gasteiger partial charge in [-0.05, 0) is 35.4 Å². The molecule has 0 bridgehead atoms. The fourth-order valence-corrected chi connectivity index (χ4v) is 5.09. The van der Waals surface area contributed by atoms with Crippen LogP contribution in [0.15, 0.2) is 41.8 Å². The number of amides is 4. The van der Waals surface area contributed by atoms with E-state index in [9.17, 15) is 19.2 Å². The highest BCUT2D eigenvalue weighted by molar-refractivity contribution is 7.14. The van der Waals surface area contributed by atoms with Crippen LogP contribution in [0.1, 0.15) is 27.7 Å². The van der Waals surface area contributed by atoms with Gasteiger partial charge in [-0.15, -0.1) is 11.3 Å². The number of imide groups is 1. The molecule has 2 aliphatic heterocycles. The maximum Gasteiger partial charge on any atom is 0.355 e. The van der Waals surface area contributed by atoms with Crippen LogP contribution in [0.4, 0.5) is 9.93 Å². The number of carboxylic acid groups (broad SMARTS) is 1. The summed E-state index contributed by atoms with van der Waals surface area (Å²) >= 11 is 0.905. The van der Waals surface area contributed by atoms with Crippen molar-refractivity contribution in [2.45, 2.75) is 18.5 Å². The van der Waals surface area contributed by atoms with Crippen molar-refractivity contribution < 1.29 is 43.2 Å². The highest BCUT2D eigenvalue weighted by Crippen LogP contribution is 2.35. The number of rotatable bonds is 9. The van der Waals surface area contributed by atoms with Gasteiger partial charge in [-0.1, -0.05) is 12.1 Å².